The summed E-state index contributed by atoms with van der Waals surface area (Å²) in [5, 5.41) is 0. The van der Waals surface area contributed by atoms with E-state index >= 15 is 0 Å². The second kappa shape index (κ2) is 7.85. The number of thiazole rings is 1. The van der Waals surface area contributed by atoms with E-state index in [1.807, 2.05) is 31.0 Å². The largest absolute Gasteiger partial charge is 0.348 e. The Kier molecular flexibility index (Phi) is 5.07. The van der Waals surface area contributed by atoms with E-state index in [1.54, 1.807) is 17.5 Å². The van der Waals surface area contributed by atoms with Crippen molar-refractivity contribution in [2.45, 2.75) is 38.5 Å². The van der Waals surface area contributed by atoms with Crippen molar-refractivity contribution in [3.05, 3.63) is 68.5 Å². The van der Waals surface area contributed by atoms with Gasteiger partial charge in [-0.1, -0.05) is 6.07 Å². The van der Waals surface area contributed by atoms with Crippen molar-refractivity contribution in [3.8, 4) is 0 Å². The highest BCUT2D eigenvalue weighted by Gasteiger charge is 2.35. The minimum Gasteiger partial charge on any atom is -0.348 e. The van der Waals surface area contributed by atoms with Crippen LogP contribution in [0.25, 0.3) is 0 Å². The van der Waals surface area contributed by atoms with E-state index in [4.69, 9.17) is 0 Å². The van der Waals surface area contributed by atoms with Gasteiger partial charge in [0.25, 0.3) is 5.56 Å². The number of imidazole rings is 1. The molecule has 2 atom stereocenters. The molecule has 2 aliphatic rings. The fraction of sp³-hybridized carbons (Fsp3) is 0.476. The van der Waals surface area contributed by atoms with E-state index in [0.29, 0.717) is 24.9 Å². The van der Waals surface area contributed by atoms with Crippen molar-refractivity contribution >= 4 is 11.3 Å². The minimum absolute atomic E-state index is 0.180. The SMILES string of the molecule is CN(Cc1ncc[nH]1)Cc1ccc2n(c1=O)C[C@H]1C[C@@H]2CN(Cc2cncs2)C1. The molecule has 5 rings (SSSR count). The molecule has 152 valence electrons. The smallest absolute Gasteiger partial charge is 0.255 e. The molecule has 0 radical (unpaired) electrons. The van der Waals surface area contributed by atoms with Crippen molar-refractivity contribution in [2.75, 3.05) is 20.1 Å². The van der Waals surface area contributed by atoms with Crippen molar-refractivity contribution in [1.29, 1.82) is 0 Å². The van der Waals surface area contributed by atoms with Crippen LogP contribution in [0.1, 0.15) is 34.3 Å². The Morgan fingerprint density at radius 1 is 1.28 bits per heavy atom. The molecule has 0 unspecified atom stereocenters. The number of fused-ring (bicyclic) bond motifs is 4. The molecule has 8 heteroatoms. The van der Waals surface area contributed by atoms with Crippen LogP contribution in [0.15, 0.2) is 41.0 Å². The molecular formula is C21H26N6OS. The van der Waals surface area contributed by atoms with Gasteiger partial charge in [0.15, 0.2) is 0 Å². The lowest BCUT2D eigenvalue weighted by atomic mass is 9.83. The molecule has 5 heterocycles. The third-order valence-corrected chi connectivity index (χ3v) is 6.80. The van der Waals surface area contributed by atoms with Gasteiger partial charge in [-0.3, -0.25) is 19.6 Å². The lowest BCUT2D eigenvalue weighted by Gasteiger charge is -2.42. The number of aromatic nitrogens is 4. The summed E-state index contributed by atoms with van der Waals surface area (Å²) in [6.45, 7) is 5.21. The molecular weight excluding hydrogens is 384 g/mol. The quantitative estimate of drug-likeness (QED) is 0.675. The van der Waals surface area contributed by atoms with Crippen molar-refractivity contribution in [1.82, 2.24) is 29.3 Å². The molecule has 0 saturated carbocycles. The van der Waals surface area contributed by atoms with Gasteiger partial charge in [0.1, 0.15) is 5.82 Å². The maximum atomic E-state index is 13.2. The van der Waals surface area contributed by atoms with Crippen LogP contribution in [-0.4, -0.2) is 49.5 Å². The van der Waals surface area contributed by atoms with Crippen LogP contribution in [0.4, 0.5) is 0 Å². The van der Waals surface area contributed by atoms with E-state index in [0.717, 1.165) is 37.6 Å². The van der Waals surface area contributed by atoms with Crippen LogP contribution in [-0.2, 0) is 26.2 Å². The maximum Gasteiger partial charge on any atom is 0.255 e. The van der Waals surface area contributed by atoms with Gasteiger partial charge in [-0.05, 0) is 25.5 Å². The first-order valence-corrected chi connectivity index (χ1v) is 11.0. The summed E-state index contributed by atoms with van der Waals surface area (Å²) in [5.74, 6) is 1.90. The zero-order chi connectivity index (χ0) is 19.8. The molecule has 1 saturated heterocycles. The number of hydrogen-bond donors (Lipinski definition) is 1. The van der Waals surface area contributed by atoms with Crippen LogP contribution in [0, 0.1) is 5.92 Å². The summed E-state index contributed by atoms with van der Waals surface area (Å²) in [7, 11) is 2.03. The highest BCUT2D eigenvalue weighted by molar-refractivity contribution is 7.09. The molecule has 2 bridgehead atoms. The number of rotatable bonds is 6. The van der Waals surface area contributed by atoms with Crippen molar-refractivity contribution in [3.63, 3.8) is 0 Å². The topological polar surface area (TPSA) is 70.1 Å². The molecule has 0 aliphatic carbocycles. The fourth-order valence-corrected chi connectivity index (χ4v) is 5.50. The van der Waals surface area contributed by atoms with E-state index in [9.17, 15) is 4.79 Å². The highest BCUT2D eigenvalue weighted by atomic mass is 32.1. The molecule has 3 aromatic rings. The van der Waals surface area contributed by atoms with Gasteiger partial charge < -0.3 is 9.55 Å². The number of piperidine rings is 1. The lowest BCUT2D eigenvalue weighted by molar-refractivity contribution is 0.115. The van der Waals surface area contributed by atoms with Gasteiger partial charge >= 0.3 is 0 Å². The number of pyridine rings is 1. The minimum atomic E-state index is 0.180. The number of likely N-dealkylation sites (tertiary alicyclic amines) is 1. The van der Waals surface area contributed by atoms with Gasteiger partial charge in [-0.15, -0.1) is 11.3 Å². The van der Waals surface area contributed by atoms with E-state index in [1.165, 1.54) is 17.0 Å². The lowest BCUT2D eigenvalue weighted by Crippen LogP contribution is -2.47. The monoisotopic (exact) mass is 410 g/mol. The average Bonchev–Trinajstić information content (AvgIpc) is 3.39. The molecule has 0 amide bonds. The van der Waals surface area contributed by atoms with E-state index in [-0.39, 0.29) is 5.56 Å². The maximum absolute atomic E-state index is 13.2. The summed E-state index contributed by atoms with van der Waals surface area (Å²) in [5.41, 5.74) is 4.15. The summed E-state index contributed by atoms with van der Waals surface area (Å²) < 4.78 is 2.05. The van der Waals surface area contributed by atoms with E-state index in [2.05, 4.69) is 35.4 Å². The van der Waals surface area contributed by atoms with Gasteiger partial charge in [-0.2, -0.15) is 0 Å². The normalized spacial score (nSPS) is 21.4. The first-order valence-electron chi connectivity index (χ1n) is 10.1. The Morgan fingerprint density at radius 3 is 3.00 bits per heavy atom. The zero-order valence-corrected chi connectivity index (χ0v) is 17.4. The molecule has 0 spiro atoms. The Hall–Kier alpha value is -2.29. The second-order valence-corrected chi connectivity index (χ2v) is 9.34. The van der Waals surface area contributed by atoms with Crippen LogP contribution in [0.2, 0.25) is 0 Å². The third-order valence-electron chi connectivity index (χ3n) is 6.04. The zero-order valence-electron chi connectivity index (χ0n) is 16.6. The number of nitrogens with one attached hydrogen (secondary N) is 1. The summed E-state index contributed by atoms with van der Waals surface area (Å²) in [6.07, 6.45) is 6.75. The molecule has 29 heavy (non-hydrogen) atoms. The first-order chi connectivity index (χ1) is 14.2. The van der Waals surface area contributed by atoms with Crippen LogP contribution >= 0.6 is 11.3 Å². The Labute approximate surface area is 174 Å². The summed E-state index contributed by atoms with van der Waals surface area (Å²) >= 11 is 1.72. The molecule has 7 nitrogen and oxygen atoms in total. The third kappa shape index (κ3) is 3.92. The molecule has 1 fully saturated rings. The molecule has 3 aromatic heterocycles. The first kappa shape index (κ1) is 18.7. The Balaban J connectivity index is 1.32. The van der Waals surface area contributed by atoms with E-state index < -0.39 is 0 Å². The fourth-order valence-electron chi connectivity index (χ4n) is 4.87. The summed E-state index contributed by atoms with van der Waals surface area (Å²) in [6, 6.07) is 4.23. The standard InChI is InChI=1S/C21H26N6OS/c1-25(13-20-23-4-5-24-20)10-16-2-3-19-17-6-15(9-27(19)21(16)28)8-26(11-17)12-18-7-22-14-29-18/h2-5,7,14-15,17H,6,8-13H2,1H3,(H,23,24)/t15-,17+/m0/s1. The van der Waals surface area contributed by atoms with Crippen molar-refractivity contribution < 1.29 is 0 Å². The number of aromatic amines is 1. The number of H-pyrrole nitrogens is 1. The van der Waals surface area contributed by atoms with Crippen molar-refractivity contribution in [2.24, 2.45) is 5.92 Å². The van der Waals surface area contributed by atoms with Gasteiger partial charge in [-0.25, -0.2) is 4.98 Å². The second-order valence-electron chi connectivity index (χ2n) is 8.37. The Morgan fingerprint density at radius 2 is 2.21 bits per heavy atom. The molecule has 1 N–H and O–H groups in total. The number of nitrogens with zero attached hydrogens (tertiary/aromatic N) is 5. The van der Waals surface area contributed by atoms with Gasteiger partial charge in [0.2, 0.25) is 0 Å². The average molecular weight is 411 g/mol. The van der Waals surface area contributed by atoms with Gasteiger partial charge in [0, 0.05) is 73.4 Å². The summed E-state index contributed by atoms with van der Waals surface area (Å²) in [4.78, 5) is 30.8. The highest BCUT2D eigenvalue weighted by Crippen LogP contribution is 2.35. The molecule has 0 aromatic carbocycles. The number of hydrogen-bond acceptors (Lipinski definition) is 6. The Bertz CT molecular complexity index is 1010. The van der Waals surface area contributed by atoms with Gasteiger partial charge in [0.05, 0.1) is 12.1 Å². The predicted molar refractivity (Wildman–Crippen MR) is 113 cm³/mol. The predicted octanol–water partition coefficient (Wildman–Crippen LogP) is 2.28. The van der Waals surface area contributed by atoms with Crippen LogP contribution in [0.3, 0.4) is 0 Å². The van der Waals surface area contributed by atoms with Crippen LogP contribution in [0.5, 0.6) is 0 Å². The van der Waals surface area contributed by atoms with Crippen LogP contribution < -0.4 is 5.56 Å². The molecule has 2 aliphatic heterocycles.